The van der Waals surface area contributed by atoms with Gasteiger partial charge in [-0.15, -0.1) is 0 Å². The first-order valence-corrected chi connectivity index (χ1v) is 5.02. The van der Waals surface area contributed by atoms with E-state index in [1.165, 1.54) is 19.6 Å². The van der Waals surface area contributed by atoms with Gasteiger partial charge in [-0.3, -0.25) is 0 Å². The Labute approximate surface area is 75.9 Å². The van der Waals surface area contributed by atoms with E-state index < -0.39 is 0 Å². The molecule has 0 radical (unpaired) electrons. The Morgan fingerprint density at radius 2 is 2.08 bits per heavy atom. The minimum atomic E-state index is 0.804. The molecule has 0 aliphatic carbocycles. The smallest absolute Gasteiger partial charge is 0.0518 e. The molecule has 2 heteroatoms. The van der Waals surface area contributed by atoms with Crippen molar-refractivity contribution < 1.29 is 4.74 Å². The summed E-state index contributed by atoms with van der Waals surface area (Å²) in [6, 6.07) is 0. The van der Waals surface area contributed by atoms with Crippen LogP contribution in [0.1, 0.15) is 20.8 Å². The first-order valence-electron chi connectivity index (χ1n) is 5.02. The summed E-state index contributed by atoms with van der Waals surface area (Å²) in [5.74, 6) is 1.61. The Morgan fingerprint density at radius 3 is 2.58 bits per heavy atom. The van der Waals surface area contributed by atoms with Crippen molar-refractivity contribution in [1.29, 1.82) is 0 Å². The zero-order valence-electron chi connectivity index (χ0n) is 8.55. The molecule has 0 atom stereocenters. The zero-order valence-corrected chi connectivity index (χ0v) is 8.55. The molecule has 0 unspecified atom stereocenters. The molecule has 0 saturated carbocycles. The van der Waals surface area contributed by atoms with E-state index in [-0.39, 0.29) is 0 Å². The number of nitrogens with zero attached hydrogens (tertiary/aromatic N) is 1. The Bertz CT molecular complexity index is 119. The molecule has 0 spiro atoms. The second-order valence-corrected chi connectivity index (χ2v) is 4.14. The minimum Gasteiger partial charge on any atom is -0.381 e. The molecule has 72 valence electrons. The molecule has 0 N–H and O–H groups in total. The summed E-state index contributed by atoms with van der Waals surface area (Å²) in [6.07, 6.45) is 0. The van der Waals surface area contributed by atoms with Crippen molar-refractivity contribution in [3.05, 3.63) is 0 Å². The molecule has 0 aromatic carbocycles. The van der Waals surface area contributed by atoms with Crippen molar-refractivity contribution in [2.24, 2.45) is 11.8 Å². The molecule has 0 aromatic rings. The summed E-state index contributed by atoms with van der Waals surface area (Å²) in [5.41, 5.74) is 0. The van der Waals surface area contributed by atoms with Gasteiger partial charge in [0.2, 0.25) is 0 Å². The van der Waals surface area contributed by atoms with E-state index in [2.05, 4.69) is 25.7 Å². The average Bonchev–Trinajstić information content (AvgIpc) is 1.93. The highest BCUT2D eigenvalue weighted by atomic mass is 16.5. The Balaban J connectivity index is 1.96. The largest absolute Gasteiger partial charge is 0.381 e. The number of hydrogen-bond acceptors (Lipinski definition) is 2. The van der Waals surface area contributed by atoms with Gasteiger partial charge in [0.05, 0.1) is 6.61 Å². The fourth-order valence-corrected chi connectivity index (χ4v) is 1.73. The molecule has 0 amide bonds. The summed E-state index contributed by atoms with van der Waals surface area (Å²) in [7, 11) is 0. The van der Waals surface area contributed by atoms with Crippen LogP contribution in [0.5, 0.6) is 0 Å². The third-order valence-electron chi connectivity index (χ3n) is 2.21. The summed E-state index contributed by atoms with van der Waals surface area (Å²) < 4.78 is 5.36. The van der Waals surface area contributed by atoms with Crippen LogP contribution in [0.25, 0.3) is 0 Å². The number of likely N-dealkylation sites (tertiary alicyclic amines) is 1. The second-order valence-electron chi connectivity index (χ2n) is 4.14. The number of hydrogen-bond donors (Lipinski definition) is 0. The zero-order chi connectivity index (χ0) is 8.97. The van der Waals surface area contributed by atoms with Crippen LogP contribution in [0.15, 0.2) is 0 Å². The molecule has 0 bridgehead atoms. The normalized spacial score (nSPS) is 20.0. The number of ether oxygens (including phenoxy) is 1. The van der Waals surface area contributed by atoms with Crippen LogP contribution in [-0.4, -0.2) is 37.7 Å². The maximum atomic E-state index is 5.36. The lowest BCUT2D eigenvalue weighted by Gasteiger charge is -2.40. The summed E-state index contributed by atoms with van der Waals surface area (Å²) >= 11 is 0. The first kappa shape index (κ1) is 10.0. The van der Waals surface area contributed by atoms with Crippen LogP contribution in [0, 0.1) is 11.8 Å². The van der Waals surface area contributed by atoms with Gasteiger partial charge in [-0.2, -0.15) is 0 Å². The van der Waals surface area contributed by atoms with E-state index >= 15 is 0 Å². The van der Waals surface area contributed by atoms with Crippen molar-refractivity contribution in [2.75, 3.05) is 32.8 Å². The van der Waals surface area contributed by atoms with Gasteiger partial charge in [0.25, 0.3) is 0 Å². The molecule has 12 heavy (non-hydrogen) atoms. The highest BCUT2D eigenvalue weighted by Crippen LogP contribution is 2.16. The molecule has 1 fully saturated rings. The Hall–Kier alpha value is -0.0800. The van der Waals surface area contributed by atoms with Crippen molar-refractivity contribution in [1.82, 2.24) is 4.90 Å². The van der Waals surface area contributed by atoms with Crippen LogP contribution in [-0.2, 0) is 4.74 Å². The predicted molar refractivity (Wildman–Crippen MR) is 51.3 cm³/mol. The quantitative estimate of drug-likeness (QED) is 0.623. The third-order valence-corrected chi connectivity index (χ3v) is 2.21. The molecular formula is C10H21NO. The highest BCUT2D eigenvalue weighted by molar-refractivity contribution is 4.79. The lowest BCUT2D eigenvalue weighted by atomic mass is 10.00. The minimum absolute atomic E-state index is 0.804. The van der Waals surface area contributed by atoms with E-state index in [0.717, 1.165) is 25.0 Å². The van der Waals surface area contributed by atoms with Gasteiger partial charge in [0.15, 0.2) is 0 Å². The lowest BCUT2D eigenvalue weighted by Crippen LogP contribution is -2.49. The summed E-state index contributed by atoms with van der Waals surface area (Å²) in [6.45, 7) is 12.2. The highest BCUT2D eigenvalue weighted by Gasteiger charge is 2.26. The second kappa shape index (κ2) is 4.83. The lowest BCUT2D eigenvalue weighted by molar-refractivity contribution is 0.0134. The standard InChI is InChI=1S/C10H21NO/c1-4-12-8-10-6-11(7-10)5-9(2)3/h9-10H,4-8H2,1-3H3. The third kappa shape index (κ3) is 3.11. The van der Waals surface area contributed by atoms with Crippen LogP contribution in [0.3, 0.4) is 0 Å². The molecule has 1 aliphatic rings. The Kier molecular flexibility index (Phi) is 4.02. The SMILES string of the molecule is CCOCC1CN(CC(C)C)C1. The molecule has 1 saturated heterocycles. The molecule has 2 nitrogen and oxygen atoms in total. The molecule has 0 aromatic heterocycles. The predicted octanol–water partition coefficient (Wildman–Crippen LogP) is 1.61. The fraction of sp³-hybridized carbons (Fsp3) is 1.00. The van der Waals surface area contributed by atoms with E-state index in [0.29, 0.717) is 0 Å². The molecular weight excluding hydrogens is 150 g/mol. The van der Waals surface area contributed by atoms with Gasteiger partial charge in [0.1, 0.15) is 0 Å². The maximum absolute atomic E-state index is 5.36. The van der Waals surface area contributed by atoms with Gasteiger partial charge in [0, 0.05) is 32.2 Å². The van der Waals surface area contributed by atoms with Crippen LogP contribution in [0.4, 0.5) is 0 Å². The van der Waals surface area contributed by atoms with Crippen LogP contribution < -0.4 is 0 Å². The maximum Gasteiger partial charge on any atom is 0.0518 e. The monoisotopic (exact) mass is 171 g/mol. The van der Waals surface area contributed by atoms with E-state index in [9.17, 15) is 0 Å². The van der Waals surface area contributed by atoms with Gasteiger partial charge in [-0.1, -0.05) is 13.8 Å². The molecule has 1 aliphatic heterocycles. The topological polar surface area (TPSA) is 12.5 Å². The summed E-state index contributed by atoms with van der Waals surface area (Å²) in [5, 5.41) is 0. The van der Waals surface area contributed by atoms with Crippen LogP contribution >= 0.6 is 0 Å². The molecule has 1 rings (SSSR count). The van der Waals surface area contributed by atoms with Crippen molar-refractivity contribution in [2.45, 2.75) is 20.8 Å². The molecule has 1 heterocycles. The fourth-order valence-electron chi connectivity index (χ4n) is 1.73. The van der Waals surface area contributed by atoms with Gasteiger partial charge in [-0.05, 0) is 12.8 Å². The van der Waals surface area contributed by atoms with E-state index in [1.54, 1.807) is 0 Å². The Morgan fingerprint density at radius 1 is 1.42 bits per heavy atom. The van der Waals surface area contributed by atoms with Crippen LogP contribution in [0.2, 0.25) is 0 Å². The first-order chi connectivity index (χ1) is 5.72. The van der Waals surface area contributed by atoms with Gasteiger partial charge < -0.3 is 9.64 Å². The van der Waals surface area contributed by atoms with E-state index in [1.807, 2.05) is 0 Å². The summed E-state index contributed by atoms with van der Waals surface area (Å²) in [4.78, 5) is 2.51. The van der Waals surface area contributed by atoms with Gasteiger partial charge in [-0.25, -0.2) is 0 Å². The van der Waals surface area contributed by atoms with Crippen molar-refractivity contribution in [3.8, 4) is 0 Å². The average molecular weight is 171 g/mol. The van der Waals surface area contributed by atoms with E-state index in [4.69, 9.17) is 4.74 Å². The number of rotatable bonds is 5. The van der Waals surface area contributed by atoms with Crippen molar-refractivity contribution >= 4 is 0 Å². The van der Waals surface area contributed by atoms with Crippen molar-refractivity contribution in [3.63, 3.8) is 0 Å². The van der Waals surface area contributed by atoms with Gasteiger partial charge >= 0.3 is 0 Å².